The van der Waals surface area contributed by atoms with Gasteiger partial charge in [0, 0.05) is 19.1 Å². The summed E-state index contributed by atoms with van der Waals surface area (Å²) in [5.41, 5.74) is 5.58. The first-order chi connectivity index (χ1) is 3.30. The molecule has 1 fully saturated rings. The van der Waals surface area contributed by atoms with Gasteiger partial charge >= 0.3 is 0 Å². The predicted molar refractivity (Wildman–Crippen MR) is 29.0 cm³/mol. The third-order valence-corrected chi connectivity index (χ3v) is 1.49. The molecule has 1 aliphatic rings. The largest absolute Gasteiger partial charge is 0.326 e. The summed E-state index contributed by atoms with van der Waals surface area (Å²) < 4.78 is 0. The molecule has 2 atom stereocenters. The molecule has 0 aromatic carbocycles. The molecule has 2 heteroatoms. The Kier molecular flexibility index (Phi) is 1.30. The van der Waals surface area contributed by atoms with Gasteiger partial charge in [0.05, 0.1) is 0 Å². The molecule has 41 valence electrons. The quantitative estimate of drug-likeness (QED) is 0.439. The molecule has 0 spiro atoms. The van der Waals surface area contributed by atoms with Crippen LogP contribution in [-0.4, -0.2) is 19.1 Å². The van der Waals surface area contributed by atoms with Crippen molar-refractivity contribution in [2.45, 2.75) is 13.0 Å². The molecule has 2 nitrogen and oxygen atoms in total. The average molecular weight is 99.2 g/mol. The van der Waals surface area contributed by atoms with Gasteiger partial charge in [-0.2, -0.15) is 0 Å². The first kappa shape index (κ1) is 5.06. The van der Waals surface area contributed by atoms with Gasteiger partial charge in [-0.25, -0.2) is 5.32 Å². The minimum atomic E-state index is 0.347. The molecule has 0 unspecified atom stereocenters. The predicted octanol–water partition coefficient (Wildman–Crippen LogP) is -0.432. The molecule has 1 saturated heterocycles. The highest BCUT2D eigenvalue weighted by molar-refractivity contribution is 4.79. The van der Waals surface area contributed by atoms with Crippen LogP contribution in [0.1, 0.15) is 6.92 Å². The SMILES string of the molecule is C[C@H]1C[N]C[C@@H]1N. The van der Waals surface area contributed by atoms with Crippen LogP contribution in [0.5, 0.6) is 0 Å². The van der Waals surface area contributed by atoms with Gasteiger partial charge in [-0.3, -0.25) is 0 Å². The minimum absolute atomic E-state index is 0.347. The summed E-state index contributed by atoms with van der Waals surface area (Å²) in [5, 5.41) is 4.12. The van der Waals surface area contributed by atoms with E-state index in [4.69, 9.17) is 5.73 Å². The monoisotopic (exact) mass is 99.1 g/mol. The summed E-state index contributed by atoms with van der Waals surface area (Å²) in [6, 6.07) is 0.347. The van der Waals surface area contributed by atoms with Crippen molar-refractivity contribution in [1.82, 2.24) is 5.32 Å². The second-order valence-electron chi connectivity index (χ2n) is 2.23. The van der Waals surface area contributed by atoms with E-state index in [1.807, 2.05) is 0 Å². The van der Waals surface area contributed by atoms with Gasteiger partial charge in [-0.15, -0.1) is 0 Å². The van der Waals surface area contributed by atoms with Crippen molar-refractivity contribution in [3.8, 4) is 0 Å². The van der Waals surface area contributed by atoms with Crippen LogP contribution in [0.15, 0.2) is 0 Å². The number of rotatable bonds is 0. The third-order valence-electron chi connectivity index (χ3n) is 1.49. The Bertz CT molecular complexity index is 55.1. The van der Waals surface area contributed by atoms with Gasteiger partial charge in [0.1, 0.15) is 0 Å². The maximum Gasteiger partial charge on any atom is 0.0288 e. The smallest absolute Gasteiger partial charge is 0.0288 e. The summed E-state index contributed by atoms with van der Waals surface area (Å²) in [6.07, 6.45) is 0. The number of nitrogens with two attached hydrogens (primary N) is 1. The zero-order chi connectivity index (χ0) is 5.28. The van der Waals surface area contributed by atoms with Gasteiger partial charge in [-0.1, -0.05) is 6.92 Å². The molecule has 7 heavy (non-hydrogen) atoms. The van der Waals surface area contributed by atoms with Crippen molar-refractivity contribution in [3.63, 3.8) is 0 Å². The Morgan fingerprint density at radius 2 is 2.29 bits per heavy atom. The fourth-order valence-electron chi connectivity index (χ4n) is 0.743. The molecular formula is C5H11N2. The highest BCUT2D eigenvalue weighted by Gasteiger charge is 2.18. The van der Waals surface area contributed by atoms with Gasteiger partial charge in [0.2, 0.25) is 0 Å². The minimum Gasteiger partial charge on any atom is -0.326 e. The maximum atomic E-state index is 5.58. The van der Waals surface area contributed by atoms with Crippen molar-refractivity contribution in [3.05, 3.63) is 0 Å². The van der Waals surface area contributed by atoms with Crippen LogP contribution in [0, 0.1) is 5.92 Å². The zero-order valence-corrected chi connectivity index (χ0v) is 4.59. The highest BCUT2D eigenvalue weighted by Crippen LogP contribution is 2.04. The van der Waals surface area contributed by atoms with Gasteiger partial charge in [0.15, 0.2) is 0 Å². The van der Waals surface area contributed by atoms with Gasteiger partial charge in [0.25, 0.3) is 0 Å². The van der Waals surface area contributed by atoms with Crippen molar-refractivity contribution < 1.29 is 0 Å². The lowest BCUT2D eigenvalue weighted by Crippen LogP contribution is -2.26. The number of hydrogen-bond acceptors (Lipinski definition) is 1. The Morgan fingerprint density at radius 1 is 1.57 bits per heavy atom. The normalized spacial score (nSPS) is 42.0. The molecular weight excluding hydrogens is 88.1 g/mol. The van der Waals surface area contributed by atoms with E-state index < -0.39 is 0 Å². The molecule has 2 N–H and O–H groups in total. The van der Waals surface area contributed by atoms with Crippen LogP contribution in [0.3, 0.4) is 0 Å². The molecule has 1 rings (SSSR count). The van der Waals surface area contributed by atoms with E-state index in [2.05, 4.69) is 12.2 Å². The maximum absolute atomic E-state index is 5.58. The van der Waals surface area contributed by atoms with E-state index in [0.29, 0.717) is 12.0 Å². The Hall–Kier alpha value is -0.0800. The fourth-order valence-corrected chi connectivity index (χ4v) is 0.743. The topological polar surface area (TPSA) is 40.1 Å². The van der Waals surface area contributed by atoms with E-state index in [1.165, 1.54) is 0 Å². The van der Waals surface area contributed by atoms with Crippen molar-refractivity contribution >= 4 is 0 Å². The van der Waals surface area contributed by atoms with Crippen LogP contribution in [0.4, 0.5) is 0 Å². The first-order valence-electron chi connectivity index (χ1n) is 2.69. The number of nitrogens with zero attached hydrogens (tertiary/aromatic N) is 1. The Morgan fingerprint density at radius 3 is 2.43 bits per heavy atom. The zero-order valence-electron chi connectivity index (χ0n) is 4.59. The summed E-state index contributed by atoms with van der Waals surface area (Å²) in [4.78, 5) is 0. The molecule has 1 radical (unpaired) electrons. The second-order valence-corrected chi connectivity index (χ2v) is 2.23. The molecule has 1 aliphatic heterocycles. The Balaban J connectivity index is 2.33. The lowest BCUT2D eigenvalue weighted by molar-refractivity contribution is 0.565. The standard InChI is InChI=1S/C5H11N2/c1-4-2-7-3-5(4)6/h4-5H,2-3,6H2,1H3/t4-,5-/m0/s1. The van der Waals surface area contributed by atoms with Gasteiger partial charge < -0.3 is 5.73 Å². The summed E-state index contributed by atoms with van der Waals surface area (Å²) in [7, 11) is 0. The summed E-state index contributed by atoms with van der Waals surface area (Å²) in [5.74, 6) is 0.625. The van der Waals surface area contributed by atoms with Crippen molar-refractivity contribution in [1.29, 1.82) is 0 Å². The fraction of sp³-hybridized carbons (Fsp3) is 1.00. The average Bonchev–Trinajstić information content (AvgIpc) is 1.91. The molecule has 1 heterocycles. The summed E-state index contributed by atoms with van der Waals surface area (Å²) >= 11 is 0. The third kappa shape index (κ3) is 0.924. The lowest BCUT2D eigenvalue weighted by atomic mass is 10.1. The molecule has 0 aromatic rings. The van der Waals surface area contributed by atoms with E-state index >= 15 is 0 Å². The molecule has 0 saturated carbocycles. The molecule has 0 amide bonds. The van der Waals surface area contributed by atoms with Crippen molar-refractivity contribution in [2.24, 2.45) is 11.7 Å². The van der Waals surface area contributed by atoms with E-state index in [1.54, 1.807) is 0 Å². The van der Waals surface area contributed by atoms with E-state index in [-0.39, 0.29) is 0 Å². The molecule has 0 aliphatic carbocycles. The lowest BCUT2D eigenvalue weighted by Gasteiger charge is -2.03. The van der Waals surface area contributed by atoms with Crippen LogP contribution >= 0.6 is 0 Å². The van der Waals surface area contributed by atoms with Crippen LogP contribution in [0.2, 0.25) is 0 Å². The van der Waals surface area contributed by atoms with Crippen LogP contribution in [0.25, 0.3) is 0 Å². The van der Waals surface area contributed by atoms with Crippen molar-refractivity contribution in [2.75, 3.05) is 13.1 Å². The van der Waals surface area contributed by atoms with E-state index in [9.17, 15) is 0 Å². The van der Waals surface area contributed by atoms with Gasteiger partial charge in [-0.05, 0) is 5.92 Å². The van der Waals surface area contributed by atoms with Crippen LogP contribution in [-0.2, 0) is 0 Å². The molecule has 0 aromatic heterocycles. The highest BCUT2D eigenvalue weighted by atomic mass is 15.0. The van der Waals surface area contributed by atoms with E-state index in [0.717, 1.165) is 13.1 Å². The van der Waals surface area contributed by atoms with Crippen LogP contribution < -0.4 is 11.1 Å². The molecule has 0 bridgehead atoms. The summed E-state index contributed by atoms with van der Waals surface area (Å²) in [6.45, 7) is 3.99. The number of hydrogen-bond donors (Lipinski definition) is 1. The first-order valence-corrected chi connectivity index (χ1v) is 2.69. The second kappa shape index (κ2) is 1.80. The Labute approximate surface area is 44.1 Å².